The Morgan fingerprint density at radius 2 is 1.85 bits per heavy atom. The van der Waals surface area contributed by atoms with Gasteiger partial charge in [0.1, 0.15) is 19.0 Å². The fraction of sp³-hybridized carbons (Fsp3) is 0.188. The lowest BCUT2D eigenvalue weighted by Gasteiger charge is -2.09. The van der Waals surface area contributed by atoms with Crippen LogP contribution in [0.4, 0.5) is 0 Å². The summed E-state index contributed by atoms with van der Waals surface area (Å²) >= 11 is 4.22. The van der Waals surface area contributed by atoms with Gasteiger partial charge in [-0.25, -0.2) is 4.79 Å². The number of aryl methyl sites for hydroxylation is 1. The first-order valence-electron chi connectivity index (χ1n) is 6.31. The number of ether oxygens (including phenoxy) is 2. The summed E-state index contributed by atoms with van der Waals surface area (Å²) in [6.07, 6.45) is 0. The lowest BCUT2D eigenvalue weighted by atomic mass is 10.1. The molecule has 0 bridgehead atoms. The summed E-state index contributed by atoms with van der Waals surface area (Å²) in [4.78, 5) is 12.7. The quantitative estimate of drug-likeness (QED) is 0.519. The lowest BCUT2D eigenvalue weighted by molar-refractivity contribution is 0.0449. The van der Waals surface area contributed by atoms with Crippen LogP contribution in [-0.2, 0) is 4.74 Å². The van der Waals surface area contributed by atoms with Crippen LogP contribution in [0.25, 0.3) is 0 Å². The van der Waals surface area contributed by atoms with Gasteiger partial charge in [0.25, 0.3) is 0 Å². The molecule has 2 rings (SSSR count). The molecule has 0 saturated heterocycles. The van der Waals surface area contributed by atoms with Crippen molar-refractivity contribution in [1.29, 1.82) is 0 Å². The molecule has 2 aromatic rings. The van der Waals surface area contributed by atoms with E-state index in [-0.39, 0.29) is 12.6 Å². The predicted molar refractivity (Wildman–Crippen MR) is 80.7 cm³/mol. The molecule has 0 atom stereocenters. The highest BCUT2D eigenvalue weighted by Crippen LogP contribution is 2.15. The largest absolute Gasteiger partial charge is 0.490 e. The molecule has 0 unspecified atom stereocenters. The van der Waals surface area contributed by atoms with Crippen molar-refractivity contribution in [2.24, 2.45) is 0 Å². The van der Waals surface area contributed by atoms with Crippen LogP contribution in [0.1, 0.15) is 15.9 Å². The Morgan fingerprint density at radius 3 is 2.60 bits per heavy atom. The van der Waals surface area contributed by atoms with Crippen LogP contribution in [0.15, 0.2) is 53.4 Å². The summed E-state index contributed by atoms with van der Waals surface area (Å²) in [5, 5.41) is 0. The van der Waals surface area contributed by atoms with Gasteiger partial charge in [-0.05, 0) is 36.8 Å². The molecular formula is C16H16O3S. The van der Waals surface area contributed by atoms with Gasteiger partial charge in [-0.2, -0.15) is 0 Å². The van der Waals surface area contributed by atoms with E-state index in [9.17, 15) is 4.79 Å². The van der Waals surface area contributed by atoms with E-state index in [0.29, 0.717) is 12.2 Å². The maximum atomic E-state index is 11.9. The molecule has 0 saturated carbocycles. The minimum Gasteiger partial charge on any atom is -0.490 e. The number of benzene rings is 2. The molecule has 0 heterocycles. The van der Waals surface area contributed by atoms with Gasteiger partial charge < -0.3 is 9.47 Å². The molecular weight excluding hydrogens is 272 g/mol. The van der Waals surface area contributed by atoms with E-state index in [1.54, 1.807) is 6.07 Å². The average molecular weight is 288 g/mol. The third kappa shape index (κ3) is 4.03. The summed E-state index contributed by atoms with van der Waals surface area (Å²) in [6, 6.07) is 14.8. The van der Waals surface area contributed by atoms with Gasteiger partial charge in [-0.15, -0.1) is 12.6 Å². The Balaban J connectivity index is 1.82. The van der Waals surface area contributed by atoms with Gasteiger partial charge >= 0.3 is 5.97 Å². The molecule has 0 fully saturated rings. The Labute approximate surface area is 123 Å². The Hall–Kier alpha value is -1.94. The molecule has 0 aliphatic rings. The van der Waals surface area contributed by atoms with Crippen molar-refractivity contribution in [3.8, 4) is 5.75 Å². The van der Waals surface area contributed by atoms with Crippen LogP contribution < -0.4 is 4.74 Å². The summed E-state index contributed by atoms with van der Waals surface area (Å²) in [6.45, 7) is 2.41. The van der Waals surface area contributed by atoms with Gasteiger partial charge in [0.2, 0.25) is 0 Å². The molecule has 0 amide bonds. The number of hydrogen-bond donors (Lipinski definition) is 1. The monoisotopic (exact) mass is 288 g/mol. The first-order chi connectivity index (χ1) is 9.66. The Morgan fingerprint density at radius 1 is 1.10 bits per heavy atom. The van der Waals surface area contributed by atoms with E-state index in [1.165, 1.54) is 0 Å². The van der Waals surface area contributed by atoms with E-state index in [0.717, 1.165) is 16.2 Å². The number of carbonyl (C=O) groups excluding carboxylic acids is 1. The topological polar surface area (TPSA) is 35.5 Å². The first-order valence-corrected chi connectivity index (χ1v) is 6.76. The van der Waals surface area contributed by atoms with Crippen molar-refractivity contribution in [3.05, 3.63) is 59.7 Å². The van der Waals surface area contributed by atoms with Crippen LogP contribution in [0, 0.1) is 6.92 Å². The molecule has 0 aliphatic heterocycles. The van der Waals surface area contributed by atoms with Crippen molar-refractivity contribution in [2.75, 3.05) is 13.2 Å². The van der Waals surface area contributed by atoms with E-state index in [1.807, 2.05) is 49.4 Å². The fourth-order valence-corrected chi connectivity index (χ4v) is 1.92. The van der Waals surface area contributed by atoms with E-state index in [4.69, 9.17) is 9.47 Å². The summed E-state index contributed by atoms with van der Waals surface area (Å²) in [7, 11) is 0. The van der Waals surface area contributed by atoms with Crippen molar-refractivity contribution in [1.82, 2.24) is 0 Å². The Bertz CT molecular complexity index is 582. The molecule has 20 heavy (non-hydrogen) atoms. The van der Waals surface area contributed by atoms with Crippen LogP contribution >= 0.6 is 12.6 Å². The fourth-order valence-electron chi connectivity index (χ4n) is 1.72. The van der Waals surface area contributed by atoms with Gasteiger partial charge in [-0.3, -0.25) is 0 Å². The molecule has 0 N–H and O–H groups in total. The summed E-state index contributed by atoms with van der Waals surface area (Å²) < 4.78 is 10.6. The van der Waals surface area contributed by atoms with Crippen LogP contribution in [0.3, 0.4) is 0 Å². The number of para-hydroxylation sites is 1. The Kier molecular flexibility index (Phi) is 5.07. The molecule has 0 spiro atoms. The van der Waals surface area contributed by atoms with Crippen LogP contribution in [0.5, 0.6) is 5.75 Å². The highest BCUT2D eigenvalue weighted by molar-refractivity contribution is 7.80. The summed E-state index contributed by atoms with van der Waals surface area (Å²) in [5.41, 5.74) is 1.41. The number of esters is 1. The van der Waals surface area contributed by atoms with Gasteiger partial charge in [0.15, 0.2) is 0 Å². The number of thiol groups is 1. The van der Waals surface area contributed by atoms with Crippen molar-refractivity contribution >= 4 is 18.6 Å². The second-order valence-electron chi connectivity index (χ2n) is 4.30. The molecule has 0 aliphatic carbocycles. The predicted octanol–water partition coefficient (Wildman–Crippen LogP) is 3.52. The second-order valence-corrected chi connectivity index (χ2v) is 4.81. The average Bonchev–Trinajstić information content (AvgIpc) is 2.47. The zero-order valence-electron chi connectivity index (χ0n) is 11.2. The zero-order valence-corrected chi connectivity index (χ0v) is 12.1. The zero-order chi connectivity index (χ0) is 14.4. The molecule has 2 aromatic carbocycles. The SMILES string of the molecule is Cc1ccc(S)cc1C(=O)OCCOc1ccccc1. The molecule has 104 valence electrons. The lowest BCUT2D eigenvalue weighted by Crippen LogP contribution is -2.13. The molecule has 4 heteroatoms. The minimum atomic E-state index is -0.352. The van der Waals surface area contributed by atoms with Crippen molar-refractivity contribution in [3.63, 3.8) is 0 Å². The smallest absolute Gasteiger partial charge is 0.338 e. The van der Waals surface area contributed by atoms with Gasteiger partial charge in [-0.1, -0.05) is 24.3 Å². The maximum absolute atomic E-state index is 11.9. The third-order valence-corrected chi connectivity index (χ3v) is 3.05. The standard InChI is InChI=1S/C16H16O3S/c1-12-7-8-14(20)11-15(12)16(17)19-10-9-18-13-5-3-2-4-6-13/h2-8,11,20H,9-10H2,1H3. The highest BCUT2D eigenvalue weighted by atomic mass is 32.1. The second kappa shape index (κ2) is 7.01. The number of rotatable bonds is 5. The highest BCUT2D eigenvalue weighted by Gasteiger charge is 2.10. The normalized spacial score (nSPS) is 10.1. The molecule has 3 nitrogen and oxygen atoms in total. The van der Waals surface area contributed by atoms with Crippen LogP contribution in [-0.4, -0.2) is 19.2 Å². The van der Waals surface area contributed by atoms with E-state index in [2.05, 4.69) is 12.6 Å². The maximum Gasteiger partial charge on any atom is 0.338 e. The van der Waals surface area contributed by atoms with E-state index < -0.39 is 0 Å². The number of hydrogen-bond acceptors (Lipinski definition) is 4. The van der Waals surface area contributed by atoms with E-state index >= 15 is 0 Å². The molecule has 0 radical (unpaired) electrons. The number of carbonyl (C=O) groups is 1. The van der Waals surface area contributed by atoms with Crippen molar-refractivity contribution < 1.29 is 14.3 Å². The van der Waals surface area contributed by atoms with Crippen molar-refractivity contribution in [2.45, 2.75) is 11.8 Å². The summed E-state index contributed by atoms with van der Waals surface area (Å²) in [5.74, 6) is 0.409. The van der Waals surface area contributed by atoms with Crippen LogP contribution in [0.2, 0.25) is 0 Å². The minimum absolute atomic E-state index is 0.212. The first kappa shape index (κ1) is 14.5. The molecule has 0 aromatic heterocycles. The third-order valence-electron chi connectivity index (χ3n) is 2.77. The van der Waals surface area contributed by atoms with Gasteiger partial charge in [0, 0.05) is 4.90 Å². The van der Waals surface area contributed by atoms with Gasteiger partial charge in [0.05, 0.1) is 5.56 Å².